The number of nitrogens with zero attached hydrogens (tertiary/aromatic N) is 1. The van der Waals surface area contributed by atoms with Gasteiger partial charge < -0.3 is 10.4 Å². The molecule has 34 heavy (non-hydrogen) atoms. The Morgan fingerprint density at radius 3 is 2.47 bits per heavy atom. The number of carbonyl (C=O) groups is 4. The Hall–Kier alpha value is -3.24. The summed E-state index contributed by atoms with van der Waals surface area (Å²) in [5.74, 6) is -1.95. The lowest BCUT2D eigenvalue weighted by molar-refractivity contribution is -0.150. The third-order valence-corrected chi connectivity index (χ3v) is 8.35. The van der Waals surface area contributed by atoms with Gasteiger partial charge in [-0.05, 0) is 18.1 Å². The van der Waals surface area contributed by atoms with Gasteiger partial charge in [0.2, 0.25) is 11.0 Å². The third kappa shape index (κ3) is 4.83. The van der Waals surface area contributed by atoms with Crippen molar-refractivity contribution in [2.75, 3.05) is 11.5 Å². The lowest BCUT2D eigenvalue weighted by Crippen LogP contribution is -2.73. The number of carboxylic acid groups (broad SMARTS) is 1. The lowest BCUT2D eigenvalue weighted by Gasteiger charge is -2.50. The van der Waals surface area contributed by atoms with E-state index >= 15 is 0 Å². The average Bonchev–Trinajstić information content (AvgIpc) is 2.82. The number of aryl methyl sites for hydroxylation is 1. The molecular weight excluding hydrogens is 474 g/mol. The summed E-state index contributed by atoms with van der Waals surface area (Å²) < 4.78 is 8.54. The van der Waals surface area contributed by atoms with Gasteiger partial charge in [-0.1, -0.05) is 82.6 Å². The molecule has 0 bridgehead atoms. The maximum Gasteiger partial charge on any atom is 0.352 e. The Morgan fingerprint density at radius 1 is 1.15 bits per heavy atom. The van der Waals surface area contributed by atoms with Gasteiger partial charge in [0.1, 0.15) is 17.1 Å². The van der Waals surface area contributed by atoms with Gasteiger partial charge in [0.15, 0.2) is 0 Å². The standard InChI is InChI=1S/C24H23N3O5S2/c1-14-7-9-15(10-8-14)11-18(28)26-19-21(29)27-20(23(30)31)17(13-34(25)22(19)27)12-33-24(32)16-5-3-2-4-6-16/h2-10,19,22,25H,11-13H2,1H3,(H,26,28)(H,30,31). The molecule has 2 aromatic carbocycles. The molecule has 3 atom stereocenters. The number of hydrogen-bond acceptors (Lipinski definition) is 6. The second-order valence-electron chi connectivity index (χ2n) is 8.08. The zero-order chi connectivity index (χ0) is 24.4. The van der Waals surface area contributed by atoms with Gasteiger partial charge in [-0.15, -0.1) is 0 Å². The molecule has 2 aliphatic rings. The van der Waals surface area contributed by atoms with Crippen molar-refractivity contribution < 1.29 is 24.3 Å². The number of thioether (sulfide) groups is 1. The van der Waals surface area contributed by atoms with Crippen molar-refractivity contribution in [2.45, 2.75) is 24.8 Å². The summed E-state index contributed by atoms with van der Waals surface area (Å²) in [6.07, 6.45) is 0.0909. The first-order valence-electron chi connectivity index (χ1n) is 10.5. The molecule has 2 amide bonds. The fourth-order valence-corrected chi connectivity index (χ4v) is 6.67. The van der Waals surface area contributed by atoms with Crippen LogP contribution in [0.2, 0.25) is 0 Å². The maximum absolute atomic E-state index is 12.9. The van der Waals surface area contributed by atoms with Crippen molar-refractivity contribution in [2.24, 2.45) is 0 Å². The SMILES string of the molecule is Cc1ccc(CC(=O)NC2C(=O)N3C(C(=O)O)=C(CSC(=O)c4ccccc4)CS(=N)C23)cc1. The largest absolute Gasteiger partial charge is 0.477 e. The van der Waals surface area contributed by atoms with E-state index in [4.69, 9.17) is 4.78 Å². The summed E-state index contributed by atoms with van der Waals surface area (Å²) in [6.45, 7) is 1.95. The van der Waals surface area contributed by atoms with E-state index in [2.05, 4.69) is 5.32 Å². The van der Waals surface area contributed by atoms with Crippen LogP contribution in [-0.2, 0) is 31.5 Å². The smallest absolute Gasteiger partial charge is 0.352 e. The van der Waals surface area contributed by atoms with Gasteiger partial charge in [-0.25, -0.2) is 4.79 Å². The van der Waals surface area contributed by atoms with Crippen molar-refractivity contribution in [3.8, 4) is 0 Å². The molecule has 176 valence electrons. The number of fused-ring (bicyclic) bond motifs is 1. The predicted octanol–water partition coefficient (Wildman–Crippen LogP) is 2.50. The fraction of sp³-hybridized carbons (Fsp3) is 0.250. The molecule has 1 saturated heterocycles. The topological polar surface area (TPSA) is 128 Å². The van der Waals surface area contributed by atoms with Crippen molar-refractivity contribution in [3.63, 3.8) is 0 Å². The summed E-state index contributed by atoms with van der Waals surface area (Å²) in [6, 6.07) is 15.2. The summed E-state index contributed by atoms with van der Waals surface area (Å²) in [7, 11) is -1.13. The second kappa shape index (κ2) is 9.94. The number of hydrogen-bond donors (Lipinski definition) is 3. The van der Waals surface area contributed by atoms with Crippen LogP contribution < -0.4 is 5.32 Å². The van der Waals surface area contributed by atoms with E-state index in [1.165, 1.54) is 0 Å². The molecule has 8 nitrogen and oxygen atoms in total. The minimum absolute atomic E-state index is 0.0820. The molecule has 2 aromatic rings. The summed E-state index contributed by atoms with van der Waals surface area (Å²) in [5.41, 5.74) is 2.58. The molecule has 10 heteroatoms. The number of aliphatic carboxylic acids is 1. The van der Waals surface area contributed by atoms with Crippen LogP contribution in [-0.4, -0.2) is 55.8 Å². The monoisotopic (exact) mass is 497 g/mol. The molecule has 0 aliphatic carbocycles. The summed E-state index contributed by atoms with van der Waals surface area (Å²) in [4.78, 5) is 50.9. The molecule has 1 fully saturated rings. The summed E-state index contributed by atoms with van der Waals surface area (Å²) >= 11 is 0.955. The van der Waals surface area contributed by atoms with E-state index in [1.807, 2.05) is 31.2 Å². The average molecular weight is 498 g/mol. The second-order valence-corrected chi connectivity index (χ2v) is 10.7. The highest BCUT2D eigenvalue weighted by Gasteiger charge is 2.55. The molecule has 0 aromatic heterocycles. The Kier molecular flexibility index (Phi) is 6.99. The number of benzene rings is 2. The maximum atomic E-state index is 12.9. The first-order valence-corrected chi connectivity index (χ1v) is 13.0. The van der Waals surface area contributed by atoms with E-state index in [-0.39, 0.29) is 34.6 Å². The Bertz CT molecular complexity index is 1210. The normalized spacial score (nSPS) is 21.5. The molecule has 3 N–H and O–H groups in total. The minimum atomic E-state index is -1.28. The van der Waals surface area contributed by atoms with Crippen LogP contribution in [0.5, 0.6) is 0 Å². The van der Waals surface area contributed by atoms with Crippen molar-refractivity contribution in [1.82, 2.24) is 10.2 Å². The van der Waals surface area contributed by atoms with Gasteiger partial charge >= 0.3 is 5.97 Å². The van der Waals surface area contributed by atoms with E-state index in [0.717, 1.165) is 27.8 Å². The minimum Gasteiger partial charge on any atom is -0.477 e. The molecule has 0 saturated carbocycles. The number of nitrogens with one attached hydrogen (secondary N) is 2. The molecule has 4 rings (SSSR count). The van der Waals surface area contributed by atoms with Crippen LogP contribution in [0.4, 0.5) is 0 Å². The molecular formula is C24H23N3O5S2. The van der Waals surface area contributed by atoms with E-state index in [0.29, 0.717) is 11.1 Å². The number of amides is 2. The molecule has 2 aliphatic heterocycles. The Balaban J connectivity index is 1.46. The zero-order valence-corrected chi connectivity index (χ0v) is 19.9. The highest BCUT2D eigenvalue weighted by molar-refractivity contribution is 8.14. The van der Waals surface area contributed by atoms with Gasteiger partial charge in [-0.3, -0.25) is 24.1 Å². The molecule has 3 unspecified atom stereocenters. The van der Waals surface area contributed by atoms with Crippen LogP contribution in [0.25, 0.3) is 0 Å². The molecule has 2 heterocycles. The number of rotatable bonds is 7. The zero-order valence-electron chi connectivity index (χ0n) is 18.3. The first kappa shape index (κ1) is 23.9. The number of carboxylic acids is 1. The van der Waals surface area contributed by atoms with Gasteiger partial charge in [0, 0.05) is 17.1 Å². The van der Waals surface area contributed by atoms with Gasteiger partial charge in [0.05, 0.1) is 6.42 Å². The molecule has 0 spiro atoms. The van der Waals surface area contributed by atoms with E-state index in [1.54, 1.807) is 30.3 Å². The van der Waals surface area contributed by atoms with Crippen LogP contribution in [0.15, 0.2) is 65.9 Å². The summed E-state index contributed by atoms with van der Waals surface area (Å²) in [5, 5.41) is 11.6. The highest BCUT2D eigenvalue weighted by Crippen LogP contribution is 2.36. The predicted molar refractivity (Wildman–Crippen MR) is 130 cm³/mol. The number of β-lactam (4-membered cyclic amide) rings is 1. The van der Waals surface area contributed by atoms with Crippen LogP contribution in [0, 0.1) is 11.7 Å². The van der Waals surface area contributed by atoms with Crippen molar-refractivity contribution in [3.05, 3.63) is 82.6 Å². The van der Waals surface area contributed by atoms with Crippen molar-refractivity contribution >= 4 is 45.4 Å². The van der Waals surface area contributed by atoms with E-state index < -0.39 is 34.0 Å². The Morgan fingerprint density at radius 2 is 1.82 bits per heavy atom. The van der Waals surface area contributed by atoms with Crippen LogP contribution in [0.3, 0.4) is 0 Å². The first-order chi connectivity index (χ1) is 16.3. The highest BCUT2D eigenvalue weighted by atomic mass is 32.2. The Labute approximate surface area is 203 Å². The fourth-order valence-electron chi connectivity index (χ4n) is 3.93. The quantitative estimate of drug-likeness (QED) is 0.505. The van der Waals surface area contributed by atoms with E-state index in [9.17, 15) is 24.3 Å². The van der Waals surface area contributed by atoms with Crippen molar-refractivity contribution in [1.29, 1.82) is 4.78 Å². The van der Waals surface area contributed by atoms with Crippen LogP contribution >= 0.6 is 11.8 Å². The number of carbonyl (C=O) groups excluding carboxylic acids is 3. The third-order valence-electron chi connectivity index (χ3n) is 5.63. The lowest BCUT2D eigenvalue weighted by atomic mass is 10.0. The van der Waals surface area contributed by atoms with Crippen LogP contribution in [0.1, 0.15) is 21.5 Å². The van der Waals surface area contributed by atoms with Gasteiger partial charge in [-0.2, -0.15) is 0 Å². The molecule has 0 radical (unpaired) electrons. The van der Waals surface area contributed by atoms with Gasteiger partial charge in [0.25, 0.3) is 5.91 Å².